The molecule has 11 heavy (non-hydrogen) atoms. The molecule has 1 aromatic rings. The van der Waals surface area contributed by atoms with Crippen LogP contribution in [0.2, 0.25) is 0 Å². The van der Waals surface area contributed by atoms with Crippen LogP contribution in [0.15, 0.2) is 9.59 Å². The minimum atomic E-state index is -1.07. The average Bonchev–Trinajstić information content (AvgIpc) is 1.82. The molecule has 0 unspecified atom stereocenters. The maximum absolute atomic E-state index is 10.4. The largest absolute Gasteiger partial charge is 0.845 e. The Labute approximate surface area is 71.0 Å². The highest BCUT2D eigenvalue weighted by Gasteiger charge is 1.93. The van der Waals surface area contributed by atoms with Crippen molar-refractivity contribution >= 4 is 24.2 Å². The number of halogens is 2. The smallest absolute Gasteiger partial charge is 0.349 e. The van der Waals surface area contributed by atoms with Gasteiger partial charge < -0.3 is 5.11 Å². The lowest BCUT2D eigenvalue weighted by atomic mass is 11.0. The summed E-state index contributed by atoms with van der Waals surface area (Å²) in [5.74, 6) is 0. The Balaban J connectivity index is 0.000001000. The van der Waals surface area contributed by atoms with Crippen LogP contribution < -0.4 is 16.5 Å². The second-order valence-corrected chi connectivity index (χ2v) is 1.75. The molecule has 0 atom stereocenters. The predicted molar refractivity (Wildman–Crippen MR) is 37.1 cm³/mol. The highest BCUT2D eigenvalue weighted by molar-refractivity contribution is 6.15. The lowest BCUT2D eigenvalue weighted by Crippen LogP contribution is -2.30. The molecule has 0 aliphatic heterocycles. The summed E-state index contributed by atoms with van der Waals surface area (Å²) in [4.78, 5) is 25.1. The summed E-state index contributed by atoms with van der Waals surface area (Å²) in [6, 6.07) is -1.07. The van der Waals surface area contributed by atoms with E-state index in [2.05, 4.69) is 4.98 Å². The number of hydrogen-bond acceptors (Lipinski definition) is 4. The summed E-state index contributed by atoms with van der Waals surface area (Å²) in [7, 11) is 0. The molecule has 0 radical (unpaired) electrons. The van der Waals surface area contributed by atoms with Gasteiger partial charge in [-0.3, -0.25) is 4.98 Å². The molecule has 0 fully saturated rings. The van der Waals surface area contributed by atoms with E-state index in [4.69, 9.17) is 11.8 Å². The van der Waals surface area contributed by atoms with Crippen LogP contribution in [0, 0.1) is 0 Å². The Morgan fingerprint density at radius 1 is 1.55 bits per heavy atom. The molecular weight excluding hydrogens is 197 g/mol. The summed E-state index contributed by atoms with van der Waals surface area (Å²) in [5.41, 5.74) is -1.97. The van der Waals surface area contributed by atoms with Crippen LogP contribution in [0.1, 0.15) is 0 Å². The zero-order chi connectivity index (χ0) is 7.72. The van der Waals surface area contributed by atoms with Gasteiger partial charge in [-0.05, 0) is 0 Å². The van der Waals surface area contributed by atoms with Crippen LogP contribution in [0.5, 0.6) is 6.01 Å². The van der Waals surface area contributed by atoms with Crippen molar-refractivity contribution in [2.45, 2.75) is 0 Å². The molecule has 62 valence electrons. The molecule has 0 saturated carbocycles. The molecule has 0 aromatic carbocycles. The van der Waals surface area contributed by atoms with Crippen LogP contribution in [0.25, 0.3) is 0 Å². The number of rotatable bonds is 0. The van der Waals surface area contributed by atoms with Gasteiger partial charge in [-0.1, -0.05) is 0 Å². The van der Waals surface area contributed by atoms with Crippen LogP contribution in [0.3, 0.4) is 0 Å². The first-order chi connectivity index (χ1) is 4.61. The van der Waals surface area contributed by atoms with Crippen molar-refractivity contribution in [1.29, 1.82) is 0 Å². The Morgan fingerprint density at radius 3 is 2.55 bits per heavy atom. The Kier molecular flexibility index (Phi) is 3.09. The zero-order valence-electron chi connectivity index (χ0n) is 4.91. The van der Waals surface area contributed by atoms with Gasteiger partial charge in [0, 0.05) is 11.8 Å². The molecule has 0 spiro atoms. The van der Waals surface area contributed by atoms with Crippen LogP contribution >= 0.6 is 24.2 Å². The standard InChI is InChI=1S/C3H2ClN3O3.ClH/c4-7-2(9)5-1(8)6-3(7)10;/h(H2,5,6,8,9,10);1H/p-1. The Hall–Kier alpha value is -1.01. The fourth-order valence-corrected chi connectivity index (χ4v) is 0.466. The van der Waals surface area contributed by atoms with Crippen molar-refractivity contribution in [1.82, 2.24) is 14.1 Å². The van der Waals surface area contributed by atoms with E-state index in [0.717, 1.165) is 0 Å². The third-order valence-corrected chi connectivity index (χ3v) is 1.06. The molecule has 0 aliphatic rings. The summed E-state index contributed by atoms with van der Waals surface area (Å²) in [5, 5.41) is 10.4. The maximum atomic E-state index is 10.4. The molecule has 0 bridgehead atoms. The second kappa shape index (κ2) is 3.40. The number of aromatic amines is 1. The fourth-order valence-electron chi connectivity index (χ4n) is 0.386. The molecule has 0 saturated heterocycles. The molecule has 1 rings (SSSR count). The van der Waals surface area contributed by atoms with Gasteiger partial charge >= 0.3 is 11.4 Å². The van der Waals surface area contributed by atoms with Gasteiger partial charge in [-0.25, -0.2) is 9.59 Å². The van der Waals surface area contributed by atoms with Gasteiger partial charge in [0.1, 0.15) is 0 Å². The number of aromatic nitrogens is 3. The van der Waals surface area contributed by atoms with Crippen LogP contribution in [-0.4, -0.2) is 14.1 Å². The predicted octanol–water partition coefficient (Wildman–Crippen LogP) is -1.57. The second-order valence-electron chi connectivity index (χ2n) is 1.41. The molecule has 0 aliphatic carbocycles. The van der Waals surface area contributed by atoms with Crippen molar-refractivity contribution in [2.24, 2.45) is 0 Å². The van der Waals surface area contributed by atoms with Crippen LogP contribution in [0.4, 0.5) is 0 Å². The summed E-state index contributed by atoms with van der Waals surface area (Å²) in [6.07, 6.45) is 0. The summed E-state index contributed by atoms with van der Waals surface area (Å²) >= 11 is 5.01. The first kappa shape index (κ1) is 9.99. The van der Waals surface area contributed by atoms with Crippen molar-refractivity contribution in [3.63, 3.8) is 0 Å². The van der Waals surface area contributed by atoms with E-state index in [1.807, 2.05) is 0 Å². The Morgan fingerprint density at radius 2 is 2.09 bits per heavy atom. The molecule has 8 heteroatoms. The minimum absolute atomic E-state index is 0. The summed E-state index contributed by atoms with van der Waals surface area (Å²) in [6.45, 7) is 0. The maximum Gasteiger partial charge on any atom is 0.349 e. The molecule has 0 amide bonds. The van der Waals surface area contributed by atoms with Gasteiger partial charge in [-0.15, -0.1) is 12.4 Å². The Bertz CT molecular complexity index is 356. The van der Waals surface area contributed by atoms with E-state index in [0.29, 0.717) is 0 Å². The van der Waals surface area contributed by atoms with Crippen molar-refractivity contribution in [2.75, 3.05) is 0 Å². The lowest BCUT2D eigenvalue weighted by molar-refractivity contribution is -0.284. The molecular formula is C3H2Cl2N3O3-. The normalized spacial score (nSPS) is 8.82. The fraction of sp³-hybridized carbons (Fsp3) is 0. The minimum Gasteiger partial charge on any atom is -0.845 e. The van der Waals surface area contributed by atoms with Gasteiger partial charge in [0.25, 0.3) is 0 Å². The van der Waals surface area contributed by atoms with Crippen molar-refractivity contribution in [3.05, 3.63) is 21.0 Å². The number of nitrogens with one attached hydrogen (secondary N) is 1. The van der Waals surface area contributed by atoms with E-state index in [9.17, 15) is 14.7 Å². The number of hydrogen-bond donors (Lipinski definition) is 1. The van der Waals surface area contributed by atoms with E-state index in [1.165, 1.54) is 0 Å². The van der Waals surface area contributed by atoms with E-state index < -0.39 is 17.4 Å². The average molecular weight is 199 g/mol. The first-order valence-electron chi connectivity index (χ1n) is 2.18. The van der Waals surface area contributed by atoms with Gasteiger partial charge in [0.2, 0.25) is 0 Å². The van der Waals surface area contributed by atoms with Gasteiger partial charge in [-0.2, -0.15) is 9.07 Å². The molecule has 1 aromatic heterocycles. The highest BCUT2D eigenvalue weighted by atomic mass is 35.5. The first-order valence-corrected chi connectivity index (χ1v) is 2.51. The lowest BCUT2D eigenvalue weighted by Gasteiger charge is -2.03. The van der Waals surface area contributed by atoms with Gasteiger partial charge in [0.05, 0.1) is 6.01 Å². The van der Waals surface area contributed by atoms with Crippen molar-refractivity contribution < 1.29 is 5.11 Å². The third-order valence-electron chi connectivity index (χ3n) is 0.757. The van der Waals surface area contributed by atoms with Crippen molar-refractivity contribution in [3.8, 4) is 6.01 Å². The van der Waals surface area contributed by atoms with E-state index in [-0.39, 0.29) is 16.5 Å². The zero-order valence-corrected chi connectivity index (χ0v) is 6.48. The van der Waals surface area contributed by atoms with E-state index in [1.54, 1.807) is 4.98 Å². The number of nitrogens with zero attached hydrogens (tertiary/aromatic N) is 2. The third kappa shape index (κ3) is 1.95. The quantitative estimate of drug-likeness (QED) is 0.546. The van der Waals surface area contributed by atoms with Gasteiger partial charge in [0.15, 0.2) is 0 Å². The monoisotopic (exact) mass is 198 g/mol. The molecule has 1 heterocycles. The topological polar surface area (TPSA) is 90.8 Å². The SMILES string of the molecule is Cl.O=c1nc([O-])n(Cl)c(=O)[nH]1. The molecule has 6 nitrogen and oxygen atoms in total. The van der Waals surface area contributed by atoms with Crippen LogP contribution in [-0.2, 0) is 0 Å². The van der Waals surface area contributed by atoms with E-state index >= 15 is 0 Å². The highest BCUT2D eigenvalue weighted by Crippen LogP contribution is 1.89. The summed E-state index contributed by atoms with van der Waals surface area (Å²) < 4.78 is 0.182. The molecule has 1 N–H and O–H groups in total. The number of H-pyrrole nitrogens is 1.